The van der Waals surface area contributed by atoms with Crippen molar-refractivity contribution in [2.75, 3.05) is 26.1 Å². The number of hydrogen-bond donors (Lipinski definition) is 2. The largest absolute Gasteiger partial charge is 0.496 e. The highest BCUT2D eigenvalue weighted by molar-refractivity contribution is 6.39. The number of rotatable bonds is 11. The second-order valence-corrected chi connectivity index (χ2v) is 13.3. The maximum Gasteiger partial charge on any atom is 0.410 e. The summed E-state index contributed by atoms with van der Waals surface area (Å²) < 4.78 is 16.9. The Kier molecular flexibility index (Phi) is 11.0. The number of carbonyl (C=O) groups excluding carboxylic acids is 3. The summed E-state index contributed by atoms with van der Waals surface area (Å²) in [5, 5.41) is 6.99. The van der Waals surface area contributed by atoms with Crippen LogP contribution in [0.15, 0.2) is 66.9 Å². The molecule has 49 heavy (non-hydrogen) atoms. The van der Waals surface area contributed by atoms with E-state index in [1.807, 2.05) is 57.2 Å². The van der Waals surface area contributed by atoms with Gasteiger partial charge >= 0.3 is 6.09 Å². The molecule has 0 bridgehead atoms. The van der Waals surface area contributed by atoms with Gasteiger partial charge in [-0.05, 0) is 57.5 Å². The average Bonchev–Trinajstić information content (AvgIpc) is 3.49. The van der Waals surface area contributed by atoms with Gasteiger partial charge in [-0.2, -0.15) is 0 Å². The molecule has 2 heterocycles. The SMILES string of the molecule is COc1cc(-c2nccc(-c3cccc(Nc4cccc(C=O)c4OC)c3Cl)c2Cl)ccc1CN(C[C@@H]1CCC(=O)N1)C(=O)OC(C)(C)C. The number of para-hydroxylation sites is 1. The maximum atomic E-state index is 13.2. The van der Waals surface area contributed by atoms with E-state index in [0.29, 0.717) is 80.3 Å². The molecule has 1 aromatic heterocycles. The third-order valence-corrected chi connectivity index (χ3v) is 8.71. The Bertz CT molecular complexity index is 1880. The first-order chi connectivity index (χ1) is 23.4. The van der Waals surface area contributed by atoms with Crippen LogP contribution >= 0.6 is 23.2 Å². The summed E-state index contributed by atoms with van der Waals surface area (Å²) in [6, 6.07) is 17.9. The number of ether oxygens (including phenoxy) is 3. The molecule has 1 atom stereocenters. The molecular weight excluding hydrogens is 667 g/mol. The fourth-order valence-corrected chi connectivity index (χ4v) is 6.24. The average molecular weight is 706 g/mol. The highest BCUT2D eigenvalue weighted by Crippen LogP contribution is 2.42. The lowest BCUT2D eigenvalue weighted by molar-refractivity contribution is -0.119. The van der Waals surface area contributed by atoms with Gasteiger partial charge in [0.2, 0.25) is 5.91 Å². The van der Waals surface area contributed by atoms with Crippen molar-refractivity contribution in [3.8, 4) is 33.9 Å². The number of nitrogens with zero attached hydrogens (tertiary/aromatic N) is 2. The molecule has 0 aliphatic carbocycles. The highest BCUT2D eigenvalue weighted by atomic mass is 35.5. The van der Waals surface area contributed by atoms with Crippen molar-refractivity contribution in [1.29, 1.82) is 0 Å². The lowest BCUT2D eigenvalue weighted by atomic mass is 10.0. The van der Waals surface area contributed by atoms with E-state index in [9.17, 15) is 14.4 Å². The molecule has 1 saturated heterocycles. The van der Waals surface area contributed by atoms with Crippen molar-refractivity contribution in [3.05, 3.63) is 88.0 Å². The van der Waals surface area contributed by atoms with Gasteiger partial charge in [0.15, 0.2) is 12.0 Å². The van der Waals surface area contributed by atoms with E-state index < -0.39 is 11.7 Å². The van der Waals surface area contributed by atoms with E-state index in [1.165, 1.54) is 7.11 Å². The van der Waals surface area contributed by atoms with Gasteiger partial charge in [-0.1, -0.05) is 53.5 Å². The molecule has 2 N–H and O–H groups in total. The van der Waals surface area contributed by atoms with E-state index in [0.717, 1.165) is 11.8 Å². The number of halogens is 2. The lowest BCUT2D eigenvalue weighted by Gasteiger charge is -2.29. The minimum Gasteiger partial charge on any atom is -0.496 e. The number of nitrogens with one attached hydrogen (secondary N) is 2. The van der Waals surface area contributed by atoms with E-state index in [1.54, 1.807) is 42.5 Å². The number of methoxy groups -OCH3 is 2. The Balaban J connectivity index is 1.45. The molecule has 0 radical (unpaired) electrons. The van der Waals surface area contributed by atoms with Gasteiger partial charge in [0.05, 0.1) is 53.4 Å². The number of benzene rings is 3. The topological polar surface area (TPSA) is 119 Å². The summed E-state index contributed by atoms with van der Waals surface area (Å²) >= 11 is 14.0. The lowest BCUT2D eigenvalue weighted by Crippen LogP contribution is -2.43. The second-order valence-electron chi connectivity index (χ2n) is 12.5. The summed E-state index contributed by atoms with van der Waals surface area (Å²) in [7, 11) is 3.06. The Morgan fingerprint density at radius 3 is 2.43 bits per heavy atom. The molecule has 1 aliphatic heterocycles. The second kappa shape index (κ2) is 15.2. The molecule has 10 nitrogen and oxygen atoms in total. The zero-order chi connectivity index (χ0) is 35.3. The van der Waals surface area contributed by atoms with Crippen molar-refractivity contribution < 1.29 is 28.6 Å². The molecule has 0 unspecified atom stereocenters. The molecule has 3 aromatic carbocycles. The van der Waals surface area contributed by atoms with Crippen LogP contribution in [-0.2, 0) is 16.1 Å². The molecule has 0 spiro atoms. The molecule has 1 fully saturated rings. The van der Waals surface area contributed by atoms with Crippen LogP contribution in [0.1, 0.15) is 49.5 Å². The molecule has 1 aliphatic rings. The van der Waals surface area contributed by atoms with E-state index >= 15 is 0 Å². The van der Waals surface area contributed by atoms with Gasteiger partial charge in [0, 0.05) is 47.5 Å². The summed E-state index contributed by atoms with van der Waals surface area (Å²) in [6.45, 7) is 5.93. The number of aldehydes is 1. The molecule has 0 saturated carbocycles. The fourth-order valence-electron chi connectivity index (χ4n) is 5.65. The zero-order valence-electron chi connectivity index (χ0n) is 27.9. The highest BCUT2D eigenvalue weighted by Gasteiger charge is 2.29. The van der Waals surface area contributed by atoms with Crippen LogP contribution in [0.5, 0.6) is 11.5 Å². The minimum absolute atomic E-state index is 0.0310. The van der Waals surface area contributed by atoms with Gasteiger partial charge in [0.25, 0.3) is 0 Å². The number of pyridine rings is 1. The Labute approximate surface area is 295 Å². The zero-order valence-corrected chi connectivity index (χ0v) is 29.4. The Morgan fingerprint density at radius 2 is 1.76 bits per heavy atom. The summed E-state index contributed by atoms with van der Waals surface area (Å²) in [4.78, 5) is 42.8. The fraction of sp³-hybridized carbons (Fsp3) is 0.297. The van der Waals surface area contributed by atoms with Crippen molar-refractivity contribution in [2.24, 2.45) is 0 Å². The van der Waals surface area contributed by atoms with Crippen LogP contribution in [0.3, 0.4) is 0 Å². The third-order valence-electron chi connectivity index (χ3n) is 7.92. The van der Waals surface area contributed by atoms with Crippen LogP contribution in [0, 0.1) is 0 Å². The van der Waals surface area contributed by atoms with Crippen LogP contribution < -0.4 is 20.1 Å². The quantitative estimate of drug-likeness (QED) is 0.150. The number of amides is 2. The molecular formula is C37H38Cl2N4O6. The summed E-state index contributed by atoms with van der Waals surface area (Å²) in [5.74, 6) is 0.900. The maximum absolute atomic E-state index is 13.2. The van der Waals surface area contributed by atoms with E-state index in [2.05, 4.69) is 15.6 Å². The molecule has 4 aromatic rings. The number of anilines is 2. The van der Waals surface area contributed by atoms with Crippen LogP contribution in [-0.4, -0.2) is 60.6 Å². The molecule has 12 heteroatoms. The van der Waals surface area contributed by atoms with Gasteiger partial charge in [0.1, 0.15) is 11.4 Å². The smallest absolute Gasteiger partial charge is 0.410 e. The number of carbonyl (C=O) groups is 3. The summed E-state index contributed by atoms with van der Waals surface area (Å²) in [6.07, 6.45) is 2.97. The normalized spacial score (nSPS) is 14.2. The minimum atomic E-state index is -0.692. The predicted octanol–water partition coefficient (Wildman–Crippen LogP) is 8.31. The van der Waals surface area contributed by atoms with Crippen molar-refractivity contribution in [3.63, 3.8) is 0 Å². The summed E-state index contributed by atoms with van der Waals surface area (Å²) in [5.41, 5.74) is 4.16. The predicted molar refractivity (Wildman–Crippen MR) is 191 cm³/mol. The molecule has 5 rings (SSSR count). The standard InChI is InChI=1S/C37H38Cl2N4O6/c1-37(2,3)49-36(46)43(20-25-14-15-31(45)41-25)19-23-13-12-22(18-30(23)47-4)34-33(39)27(16-17-40-34)26-9-7-10-28(32(26)38)42-29-11-6-8-24(21-44)35(29)48-5/h6-13,16-18,21,25,42H,14-15,19-20H2,1-5H3,(H,41,45)/t25-/m0/s1. The Hall–Kier alpha value is -4.80. The van der Waals surface area contributed by atoms with Crippen molar-refractivity contribution in [1.82, 2.24) is 15.2 Å². The first-order valence-corrected chi connectivity index (χ1v) is 16.4. The van der Waals surface area contributed by atoms with E-state index in [-0.39, 0.29) is 18.5 Å². The van der Waals surface area contributed by atoms with Gasteiger partial charge in [-0.15, -0.1) is 0 Å². The monoisotopic (exact) mass is 704 g/mol. The van der Waals surface area contributed by atoms with Crippen LogP contribution in [0.2, 0.25) is 10.0 Å². The molecule has 256 valence electrons. The van der Waals surface area contributed by atoms with Crippen LogP contribution in [0.4, 0.5) is 16.2 Å². The first kappa shape index (κ1) is 35.5. The number of aromatic nitrogens is 1. The van der Waals surface area contributed by atoms with Gasteiger partial charge < -0.3 is 29.7 Å². The van der Waals surface area contributed by atoms with Gasteiger partial charge in [-0.3, -0.25) is 14.6 Å². The van der Waals surface area contributed by atoms with Crippen molar-refractivity contribution in [2.45, 2.75) is 51.8 Å². The first-order valence-electron chi connectivity index (χ1n) is 15.7. The van der Waals surface area contributed by atoms with E-state index in [4.69, 9.17) is 37.4 Å². The Morgan fingerprint density at radius 1 is 1.02 bits per heavy atom. The number of hydrogen-bond acceptors (Lipinski definition) is 8. The van der Waals surface area contributed by atoms with Crippen LogP contribution in [0.25, 0.3) is 22.4 Å². The third kappa shape index (κ3) is 8.26. The van der Waals surface area contributed by atoms with Gasteiger partial charge in [-0.25, -0.2) is 4.79 Å². The van der Waals surface area contributed by atoms with Crippen molar-refractivity contribution >= 4 is 52.9 Å². The molecule has 2 amide bonds.